The Morgan fingerprint density at radius 2 is 1.84 bits per heavy atom. The number of piperidine rings is 1. The zero-order chi connectivity index (χ0) is 22.9. The third-order valence-electron chi connectivity index (χ3n) is 6.13. The van der Waals surface area contributed by atoms with Crippen molar-refractivity contribution in [3.8, 4) is 0 Å². The number of halogens is 1. The fraction of sp³-hybridized carbons (Fsp3) is 0.391. The first-order valence-corrected chi connectivity index (χ1v) is 13.5. The second-order valence-corrected chi connectivity index (χ2v) is 11.5. The van der Waals surface area contributed by atoms with Crippen molar-refractivity contribution in [2.24, 2.45) is 12.0 Å². The molecule has 1 aliphatic rings. The zero-order valence-corrected chi connectivity index (χ0v) is 20.5. The van der Waals surface area contributed by atoms with Crippen LogP contribution >= 0.6 is 22.9 Å². The molecule has 0 spiro atoms. The lowest BCUT2D eigenvalue weighted by Gasteiger charge is -2.32. The van der Waals surface area contributed by atoms with Crippen LogP contribution in [-0.4, -0.2) is 49.7 Å². The number of nitrogens with zero attached hydrogens (tertiary/aromatic N) is 3. The van der Waals surface area contributed by atoms with E-state index in [4.69, 9.17) is 11.6 Å². The molecule has 4 rings (SSSR count). The van der Waals surface area contributed by atoms with Gasteiger partial charge in [-0.25, -0.2) is 8.42 Å². The number of sulfone groups is 1. The monoisotopic (exact) mass is 491 g/mol. The van der Waals surface area contributed by atoms with E-state index in [1.807, 2.05) is 7.05 Å². The zero-order valence-electron chi connectivity index (χ0n) is 18.1. The van der Waals surface area contributed by atoms with Crippen LogP contribution in [0.1, 0.15) is 30.9 Å². The Morgan fingerprint density at radius 3 is 2.53 bits per heavy atom. The quantitative estimate of drug-likeness (QED) is 0.541. The number of rotatable bonds is 5. The number of carbonyl (C=O) groups is 1. The number of hydrogen-bond acceptors (Lipinski definition) is 5. The summed E-state index contributed by atoms with van der Waals surface area (Å²) in [6, 6.07) is 10.3. The van der Waals surface area contributed by atoms with Crippen LogP contribution in [0.25, 0.3) is 10.8 Å². The van der Waals surface area contributed by atoms with Gasteiger partial charge in [-0.05, 0) is 47.9 Å². The van der Waals surface area contributed by atoms with E-state index in [1.54, 1.807) is 59.7 Å². The number of thiazole rings is 1. The fourth-order valence-electron chi connectivity index (χ4n) is 4.26. The Morgan fingerprint density at radius 1 is 1.16 bits per heavy atom. The summed E-state index contributed by atoms with van der Waals surface area (Å²) < 4.78 is 27.8. The minimum atomic E-state index is -3.55. The molecule has 0 unspecified atom stereocenters. The first-order chi connectivity index (χ1) is 15.3. The molecule has 0 radical (unpaired) electrons. The van der Waals surface area contributed by atoms with Crippen LogP contribution in [0.3, 0.4) is 0 Å². The standard InChI is InChI=1S/C23H26ClN3O3S2/c1-25-23-26(2)21(15-31-23)16-7-10-27(11-8-16)22(28)9-12-32(29,30)20-6-4-17-13-19(24)5-3-18(17)14-20/h3-6,13-16H,7-12H2,1-2H3/b25-23-. The van der Waals surface area contributed by atoms with Gasteiger partial charge < -0.3 is 9.47 Å². The van der Waals surface area contributed by atoms with Crippen LogP contribution in [0, 0.1) is 0 Å². The van der Waals surface area contributed by atoms with Gasteiger partial charge in [-0.15, -0.1) is 11.3 Å². The predicted octanol–water partition coefficient (Wildman–Crippen LogP) is 3.99. The van der Waals surface area contributed by atoms with Gasteiger partial charge in [-0.3, -0.25) is 9.79 Å². The van der Waals surface area contributed by atoms with Gasteiger partial charge in [0.1, 0.15) is 0 Å². The van der Waals surface area contributed by atoms with E-state index >= 15 is 0 Å². The van der Waals surface area contributed by atoms with Crippen LogP contribution in [0.5, 0.6) is 0 Å². The smallest absolute Gasteiger partial charge is 0.223 e. The van der Waals surface area contributed by atoms with E-state index in [1.165, 1.54) is 5.69 Å². The normalized spacial score (nSPS) is 16.1. The summed E-state index contributed by atoms with van der Waals surface area (Å²) in [5.74, 6) is 0.107. The molecular formula is C23H26ClN3O3S2. The molecule has 1 amide bonds. The topological polar surface area (TPSA) is 71.7 Å². The lowest BCUT2D eigenvalue weighted by atomic mass is 9.94. The summed E-state index contributed by atoms with van der Waals surface area (Å²) in [7, 11) is 0.268. The average molecular weight is 492 g/mol. The minimum Gasteiger partial charge on any atom is -0.343 e. The van der Waals surface area contributed by atoms with Gasteiger partial charge in [0.2, 0.25) is 5.91 Å². The van der Waals surface area contributed by atoms with E-state index in [2.05, 4.69) is 14.9 Å². The number of amides is 1. The van der Waals surface area contributed by atoms with Crippen molar-refractivity contribution < 1.29 is 13.2 Å². The van der Waals surface area contributed by atoms with Crippen molar-refractivity contribution in [1.82, 2.24) is 9.47 Å². The van der Waals surface area contributed by atoms with Gasteiger partial charge in [-0.1, -0.05) is 23.7 Å². The van der Waals surface area contributed by atoms with Crippen molar-refractivity contribution in [2.75, 3.05) is 25.9 Å². The number of fused-ring (bicyclic) bond motifs is 1. The van der Waals surface area contributed by atoms with Gasteiger partial charge in [0.15, 0.2) is 14.6 Å². The molecule has 3 aromatic rings. The summed E-state index contributed by atoms with van der Waals surface area (Å²) >= 11 is 7.63. The van der Waals surface area contributed by atoms with Crippen LogP contribution < -0.4 is 4.80 Å². The van der Waals surface area contributed by atoms with Crippen LogP contribution in [0.2, 0.25) is 5.02 Å². The van der Waals surface area contributed by atoms with E-state index in [0.717, 1.165) is 28.4 Å². The van der Waals surface area contributed by atoms with Crippen molar-refractivity contribution in [3.63, 3.8) is 0 Å². The molecule has 1 fully saturated rings. The second kappa shape index (κ2) is 9.37. The molecule has 1 aliphatic heterocycles. The highest BCUT2D eigenvalue weighted by Crippen LogP contribution is 2.28. The molecule has 1 saturated heterocycles. The molecule has 170 valence electrons. The maximum absolute atomic E-state index is 12.8. The Balaban J connectivity index is 1.36. The molecule has 0 bridgehead atoms. The first kappa shape index (κ1) is 23.0. The summed E-state index contributed by atoms with van der Waals surface area (Å²) in [6.45, 7) is 1.30. The van der Waals surface area contributed by atoms with Gasteiger partial charge in [0.25, 0.3) is 0 Å². The maximum Gasteiger partial charge on any atom is 0.223 e. The summed E-state index contributed by atoms with van der Waals surface area (Å²) in [6.07, 6.45) is 1.75. The number of likely N-dealkylation sites (tertiary alicyclic amines) is 1. The minimum absolute atomic E-state index is 0.00323. The summed E-state index contributed by atoms with van der Waals surface area (Å²) in [4.78, 5) is 20.0. The van der Waals surface area contributed by atoms with Gasteiger partial charge in [0, 0.05) is 55.6 Å². The van der Waals surface area contributed by atoms with E-state index in [-0.39, 0.29) is 23.0 Å². The highest BCUT2D eigenvalue weighted by Gasteiger charge is 2.26. The fourth-order valence-corrected chi connectivity index (χ4v) is 6.65. The predicted molar refractivity (Wildman–Crippen MR) is 129 cm³/mol. The molecule has 0 saturated carbocycles. The molecule has 2 heterocycles. The molecule has 2 aromatic carbocycles. The van der Waals surface area contributed by atoms with Crippen molar-refractivity contribution in [3.05, 3.63) is 57.3 Å². The second-order valence-electron chi connectivity index (χ2n) is 8.10. The van der Waals surface area contributed by atoms with E-state index in [0.29, 0.717) is 24.0 Å². The van der Waals surface area contributed by atoms with Crippen LogP contribution in [-0.2, 0) is 21.7 Å². The molecular weight excluding hydrogens is 466 g/mol. The number of benzene rings is 2. The van der Waals surface area contributed by atoms with Crippen molar-refractivity contribution in [1.29, 1.82) is 0 Å². The highest BCUT2D eigenvalue weighted by atomic mass is 35.5. The highest BCUT2D eigenvalue weighted by molar-refractivity contribution is 7.91. The Kier molecular flexibility index (Phi) is 6.74. The Labute approximate surface area is 197 Å². The van der Waals surface area contributed by atoms with Crippen LogP contribution in [0.4, 0.5) is 0 Å². The van der Waals surface area contributed by atoms with E-state index < -0.39 is 9.84 Å². The lowest BCUT2D eigenvalue weighted by Crippen LogP contribution is -2.39. The number of hydrogen-bond donors (Lipinski definition) is 0. The van der Waals surface area contributed by atoms with Gasteiger partial charge in [-0.2, -0.15) is 0 Å². The average Bonchev–Trinajstić information content (AvgIpc) is 3.17. The Hall–Kier alpha value is -2.16. The van der Waals surface area contributed by atoms with E-state index in [9.17, 15) is 13.2 Å². The number of carbonyl (C=O) groups excluding carboxylic acids is 1. The number of aromatic nitrogens is 1. The molecule has 0 N–H and O–H groups in total. The molecule has 0 atom stereocenters. The molecule has 32 heavy (non-hydrogen) atoms. The molecule has 1 aromatic heterocycles. The lowest BCUT2D eigenvalue weighted by molar-refractivity contribution is -0.131. The van der Waals surface area contributed by atoms with Crippen LogP contribution in [0.15, 0.2) is 51.7 Å². The third kappa shape index (κ3) is 4.77. The largest absolute Gasteiger partial charge is 0.343 e. The maximum atomic E-state index is 12.8. The molecule has 6 nitrogen and oxygen atoms in total. The van der Waals surface area contributed by atoms with Gasteiger partial charge >= 0.3 is 0 Å². The summed E-state index contributed by atoms with van der Waals surface area (Å²) in [5, 5.41) is 4.45. The third-order valence-corrected chi connectivity index (χ3v) is 9.11. The summed E-state index contributed by atoms with van der Waals surface area (Å²) in [5.41, 5.74) is 1.25. The van der Waals surface area contributed by atoms with Crippen molar-refractivity contribution >= 4 is 49.5 Å². The molecule has 0 aliphatic carbocycles. The van der Waals surface area contributed by atoms with Gasteiger partial charge in [0.05, 0.1) is 10.6 Å². The SMILES string of the molecule is C/N=c1\scc(C2CCN(C(=O)CCS(=O)(=O)c3ccc4cc(Cl)ccc4c3)CC2)n1C. The first-order valence-electron chi connectivity index (χ1n) is 10.6. The molecule has 9 heteroatoms. The van der Waals surface area contributed by atoms with Crippen molar-refractivity contribution in [2.45, 2.75) is 30.1 Å². The Bertz CT molecular complexity index is 1320.